The molecule has 1 aliphatic rings. The van der Waals surface area contributed by atoms with Crippen molar-refractivity contribution in [2.75, 3.05) is 5.75 Å². The molecule has 0 radical (unpaired) electrons. The number of rotatable bonds is 6. The van der Waals surface area contributed by atoms with Crippen molar-refractivity contribution in [1.29, 1.82) is 0 Å². The number of aromatic amines is 1. The first-order valence-electron chi connectivity index (χ1n) is 9.46. The van der Waals surface area contributed by atoms with Crippen LogP contribution in [-0.4, -0.2) is 37.6 Å². The predicted octanol–water partition coefficient (Wildman–Crippen LogP) is 4.89. The van der Waals surface area contributed by atoms with Crippen LogP contribution in [0.5, 0.6) is 0 Å². The minimum Gasteiger partial charge on any atom is -0.467 e. The van der Waals surface area contributed by atoms with E-state index in [-0.39, 0.29) is 17.7 Å². The summed E-state index contributed by atoms with van der Waals surface area (Å²) < 4.78 is 11.9. The highest BCUT2D eigenvalue weighted by molar-refractivity contribution is 9.10. The van der Waals surface area contributed by atoms with Gasteiger partial charge in [-0.25, -0.2) is 9.99 Å². The van der Waals surface area contributed by atoms with Gasteiger partial charge in [0.1, 0.15) is 23.3 Å². The van der Waals surface area contributed by atoms with Crippen LogP contribution in [0.15, 0.2) is 84.6 Å². The number of benzene rings is 1. The largest absolute Gasteiger partial charge is 0.467 e. The molecule has 3 aromatic heterocycles. The molecule has 1 aromatic carbocycles. The third kappa shape index (κ3) is 4.08. The Bertz CT molecular complexity index is 1220. The second kappa shape index (κ2) is 8.56. The van der Waals surface area contributed by atoms with E-state index in [2.05, 4.69) is 36.2 Å². The third-order valence-corrected chi connectivity index (χ3v) is 6.29. The predicted molar refractivity (Wildman–Crippen MR) is 118 cm³/mol. The highest BCUT2D eigenvalue weighted by Gasteiger charge is 2.35. The number of aromatic nitrogens is 3. The van der Waals surface area contributed by atoms with Gasteiger partial charge in [-0.2, -0.15) is 5.10 Å². The number of thioether (sulfide) groups is 1. The molecule has 0 saturated carbocycles. The van der Waals surface area contributed by atoms with Gasteiger partial charge in [0.05, 0.1) is 18.3 Å². The fourth-order valence-corrected chi connectivity index (χ4v) is 4.43. The molecule has 1 amide bonds. The lowest BCUT2D eigenvalue weighted by Crippen LogP contribution is -2.28. The Balaban J connectivity index is 1.31. The summed E-state index contributed by atoms with van der Waals surface area (Å²) in [5.41, 5.74) is 1.61. The van der Waals surface area contributed by atoms with Crippen molar-refractivity contribution >= 4 is 39.3 Å². The second-order valence-electron chi connectivity index (χ2n) is 6.73. The Labute approximate surface area is 189 Å². The molecule has 0 spiro atoms. The van der Waals surface area contributed by atoms with Gasteiger partial charge in [-0.15, -0.1) is 5.10 Å². The Morgan fingerprint density at radius 3 is 2.77 bits per heavy atom. The summed E-state index contributed by atoms with van der Waals surface area (Å²) in [6, 6.07) is 14.7. The van der Waals surface area contributed by atoms with Gasteiger partial charge in [-0.1, -0.05) is 45.9 Å². The van der Waals surface area contributed by atoms with Crippen molar-refractivity contribution in [1.82, 2.24) is 20.2 Å². The summed E-state index contributed by atoms with van der Waals surface area (Å²) >= 11 is 4.76. The molecule has 10 heteroatoms. The van der Waals surface area contributed by atoms with Crippen LogP contribution in [0.2, 0.25) is 0 Å². The van der Waals surface area contributed by atoms with Crippen LogP contribution in [0.3, 0.4) is 0 Å². The molecule has 4 aromatic rings. The zero-order valence-corrected chi connectivity index (χ0v) is 18.5. The van der Waals surface area contributed by atoms with Gasteiger partial charge in [0.25, 0.3) is 5.91 Å². The summed E-state index contributed by atoms with van der Waals surface area (Å²) in [6.07, 6.45) is 3.70. The van der Waals surface area contributed by atoms with Crippen LogP contribution in [0, 0.1) is 0 Å². The lowest BCUT2D eigenvalue weighted by atomic mass is 10.1. The van der Waals surface area contributed by atoms with Crippen LogP contribution >= 0.6 is 27.7 Å². The minimum atomic E-state index is -0.314. The van der Waals surface area contributed by atoms with Crippen molar-refractivity contribution in [3.63, 3.8) is 0 Å². The summed E-state index contributed by atoms with van der Waals surface area (Å²) in [7, 11) is 0. The molecular weight excluding hydrogens is 482 g/mol. The lowest BCUT2D eigenvalue weighted by molar-refractivity contribution is -0.130. The van der Waals surface area contributed by atoms with Gasteiger partial charge in [-0.05, 0) is 30.3 Å². The van der Waals surface area contributed by atoms with Gasteiger partial charge in [0, 0.05) is 16.5 Å². The Morgan fingerprint density at radius 1 is 1.16 bits per heavy atom. The molecule has 1 aliphatic heterocycles. The van der Waals surface area contributed by atoms with Crippen molar-refractivity contribution in [2.45, 2.75) is 17.6 Å². The van der Waals surface area contributed by atoms with E-state index < -0.39 is 0 Å². The number of amides is 1. The molecular formula is C21H16BrN5O3S. The Kier molecular flexibility index (Phi) is 5.47. The minimum absolute atomic E-state index is 0.138. The van der Waals surface area contributed by atoms with Crippen LogP contribution in [0.4, 0.5) is 0 Å². The average Bonchev–Trinajstić information content (AvgIpc) is 3.57. The molecule has 0 fully saturated rings. The Hall–Kier alpha value is -3.11. The van der Waals surface area contributed by atoms with E-state index in [0.29, 0.717) is 34.6 Å². The fourth-order valence-electron chi connectivity index (χ4n) is 3.31. The summed E-state index contributed by atoms with van der Waals surface area (Å²) in [4.78, 5) is 17.5. The highest BCUT2D eigenvalue weighted by atomic mass is 79.9. The van der Waals surface area contributed by atoms with Gasteiger partial charge in [0.2, 0.25) is 5.16 Å². The normalized spacial score (nSPS) is 16.0. The van der Waals surface area contributed by atoms with E-state index >= 15 is 0 Å². The molecule has 0 bridgehead atoms. The molecule has 1 N–H and O–H groups in total. The molecule has 1 atom stereocenters. The SMILES string of the molecule is O=C(CSc1n[nH]c(-c2ccccc2Br)n1)N1N=C(c2ccco2)CC1c1ccco1. The summed E-state index contributed by atoms with van der Waals surface area (Å²) in [5.74, 6) is 1.93. The third-order valence-electron chi connectivity index (χ3n) is 4.76. The maximum atomic E-state index is 13.0. The van der Waals surface area contributed by atoms with Crippen molar-refractivity contribution in [2.24, 2.45) is 5.10 Å². The average molecular weight is 498 g/mol. The maximum Gasteiger partial charge on any atom is 0.253 e. The van der Waals surface area contributed by atoms with E-state index in [0.717, 1.165) is 10.0 Å². The molecule has 0 aliphatic carbocycles. The zero-order chi connectivity index (χ0) is 21.2. The first-order valence-corrected chi connectivity index (χ1v) is 11.2. The number of hydrogen-bond acceptors (Lipinski definition) is 7. The van der Waals surface area contributed by atoms with Gasteiger partial charge in [-0.3, -0.25) is 9.89 Å². The number of carbonyl (C=O) groups excluding carboxylic acids is 1. The number of hydrogen-bond donors (Lipinski definition) is 1. The fraction of sp³-hybridized carbons (Fsp3) is 0.143. The topological polar surface area (TPSA) is 101 Å². The quantitative estimate of drug-likeness (QED) is 0.380. The van der Waals surface area contributed by atoms with Crippen molar-refractivity contribution in [3.05, 3.63) is 77.1 Å². The molecule has 8 nitrogen and oxygen atoms in total. The standard InChI is InChI=1S/C21H16BrN5O3S/c22-14-6-2-1-5-13(14)20-23-21(25-24-20)31-12-19(28)27-16(18-8-4-10-30-18)11-15(26-27)17-7-3-9-29-17/h1-10,16H,11-12H2,(H,23,24,25). The number of furan rings is 2. The molecule has 156 valence electrons. The first kappa shape index (κ1) is 19.8. The van der Waals surface area contributed by atoms with Gasteiger partial charge >= 0.3 is 0 Å². The maximum absolute atomic E-state index is 13.0. The smallest absolute Gasteiger partial charge is 0.253 e. The number of carbonyl (C=O) groups is 1. The summed E-state index contributed by atoms with van der Waals surface area (Å²) in [6.45, 7) is 0. The summed E-state index contributed by atoms with van der Waals surface area (Å²) in [5, 5.41) is 13.6. The van der Waals surface area contributed by atoms with E-state index in [1.165, 1.54) is 16.8 Å². The van der Waals surface area contributed by atoms with Crippen LogP contribution in [0.25, 0.3) is 11.4 Å². The highest BCUT2D eigenvalue weighted by Crippen LogP contribution is 2.34. The van der Waals surface area contributed by atoms with Crippen molar-refractivity contribution < 1.29 is 13.6 Å². The van der Waals surface area contributed by atoms with E-state index in [9.17, 15) is 4.79 Å². The number of hydrazone groups is 1. The molecule has 31 heavy (non-hydrogen) atoms. The zero-order valence-electron chi connectivity index (χ0n) is 16.1. The molecule has 1 unspecified atom stereocenters. The van der Waals surface area contributed by atoms with Gasteiger partial charge in [0.15, 0.2) is 5.82 Å². The Morgan fingerprint density at radius 2 is 2.00 bits per heavy atom. The van der Waals surface area contributed by atoms with E-state index in [1.54, 1.807) is 24.7 Å². The molecule has 0 saturated heterocycles. The number of halogens is 1. The van der Waals surface area contributed by atoms with Crippen molar-refractivity contribution in [3.8, 4) is 11.4 Å². The number of nitrogens with zero attached hydrogens (tertiary/aromatic N) is 4. The van der Waals surface area contributed by atoms with Gasteiger partial charge < -0.3 is 8.83 Å². The van der Waals surface area contributed by atoms with E-state index in [1.807, 2.05) is 36.4 Å². The second-order valence-corrected chi connectivity index (χ2v) is 8.53. The monoisotopic (exact) mass is 497 g/mol. The number of H-pyrrole nitrogens is 1. The van der Waals surface area contributed by atoms with E-state index in [4.69, 9.17) is 8.83 Å². The number of nitrogens with one attached hydrogen (secondary N) is 1. The van der Waals surface area contributed by atoms with Crippen LogP contribution in [0.1, 0.15) is 24.0 Å². The molecule has 4 heterocycles. The molecule has 5 rings (SSSR count). The lowest BCUT2D eigenvalue weighted by Gasteiger charge is -2.19. The van der Waals surface area contributed by atoms with Crippen LogP contribution < -0.4 is 0 Å². The van der Waals surface area contributed by atoms with Crippen LogP contribution in [-0.2, 0) is 4.79 Å². The first-order chi connectivity index (χ1) is 15.2.